The summed E-state index contributed by atoms with van der Waals surface area (Å²) in [6.45, 7) is 6.26. The Balaban J connectivity index is 2.41. The standard InChI is InChI=1S/C19H22Cl2N2O4S/c1-4-23(5-2)28(25,26)18-12-14(8-10-17(18)27-6-3)22-19(24)13-7-9-15(20)16(21)11-13/h7-12H,4-6H2,1-3H3,(H,22,24). The molecule has 1 N–H and O–H groups in total. The molecule has 0 heterocycles. The van der Waals surface area contributed by atoms with Gasteiger partial charge in [0.15, 0.2) is 0 Å². The van der Waals surface area contributed by atoms with Crippen molar-refractivity contribution in [2.75, 3.05) is 25.0 Å². The van der Waals surface area contributed by atoms with Gasteiger partial charge < -0.3 is 10.1 Å². The van der Waals surface area contributed by atoms with Gasteiger partial charge in [-0.1, -0.05) is 37.0 Å². The minimum atomic E-state index is -3.77. The quantitative estimate of drug-likeness (QED) is 0.641. The third-order valence-electron chi connectivity index (χ3n) is 4.01. The molecule has 0 atom stereocenters. The number of carbonyl (C=O) groups is 1. The topological polar surface area (TPSA) is 75.7 Å². The van der Waals surface area contributed by atoms with Crippen LogP contribution >= 0.6 is 23.2 Å². The highest BCUT2D eigenvalue weighted by atomic mass is 35.5. The lowest BCUT2D eigenvalue weighted by Gasteiger charge is -2.21. The van der Waals surface area contributed by atoms with Gasteiger partial charge in [-0.15, -0.1) is 0 Å². The summed E-state index contributed by atoms with van der Waals surface area (Å²) in [5.74, 6) is -0.198. The number of halogens is 2. The molecule has 0 aliphatic carbocycles. The highest BCUT2D eigenvalue weighted by Crippen LogP contribution is 2.30. The molecule has 28 heavy (non-hydrogen) atoms. The Hall–Kier alpha value is -1.80. The van der Waals surface area contributed by atoms with Crippen molar-refractivity contribution in [2.24, 2.45) is 0 Å². The molecule has 0 bridgehead atoms. The Kier molecular flexibility index (Phi) is 7.71. The monoisotopic (exact) mass is 444 g/mol. The molecule has 1 amide bonds. The second kappa shape index (κ2) is 9.60. The van der Waals surface area contributed by atoms with Crippen LogP contribution in [-0.4, -0.2) is 38.3 Å². The molecular weight excluding hydrogens is 423 g/mol. The number of carbonyl (C=O) groups excluding carboxylic acids is 1. The molecule has 0 aliphatic heterocycles. The van der Waals surface area contributed by atoms with Gasteiger partial charge in [-0.3, -0.25) is 4.79 Å². The maximum absolute atomic E-state index is 13.0. The summed E-state index contributed by atoms with van der Waals surface area (Å²) < 4.78 is 32.8. The van der Waals surface area contributed by atoms with Gasteiger partial charge in [-0.2, -0.15) is 4.31 Å². The molecule has 0 aliphatic rings. The van der Waals surface area contributed by atoms with Gasteiger partial charge in [0.05, 0.1) is 16.7 Å². The summed E-state index contributed by atoms with van der Waals surface area (Å²) >= 11 is 11.8. The predicted molar refractivity (Wildman–Crippen MR) is 112 cm³/mol. The normalized spacial score (nSPS) is 11.5. The smallest absolute Gasteiger partial charge is 0.255 e. The number of nitrogens with one attached hydrogen (secondary N) is 1. The molecule has 0 aromatic heterocycles. The van der Waals surface area contributed by atoms with E-state index >= 15 is 0 Å². The molecular formula is C19H22Cl2N2O4S. The zero-order valence-electron chi connectivity index (χ0n) is 15.8. The number of hydrogen-bond donors (Lipinski definition) is 1. The predicted octanol–water partition coefficient (Wildman–Crippen LogP) is 4.67. The minimum Gasteiger partial charge on any atom is -0.492 e. The van der Waals surface area contributed by atoms with E-state index in [4.69, 9.17) is 27.9 Å². The van der Waals surface area contributed by atoms with Crippen molar-refractivity contribution in [1.29, 1.82) is 0 Å². The molecule has 0 saturated carbocycles. The van der Waals surface area contributed by atoms with E-state index in [1.165, 1.54) is 34.6 Å². The summed E-state index contributed by atoms with van der Waals surface area (Å²) in [5, 5.41) is 3.28. The Morgan fingerprint density at radius 2 is 1.71 bits per heavy atom. The summed E-state index contributed by atoms with van der Waals surface area (Å²) in [7, 11) is -3.77. The third kappa shape index (κ3) is 4.97. The van der Waals surface area contributed by atoms with Crippen molar-refractivity contribution in [2.45, 2.75) is 25.7 Å². The van der Waals surface area contributed by atoms with Crippen LogP contribution in [-0.2, 0) is 10.0 Å². The van der Waals surface area contributed by atoms with E-state index in [0.717, 1.165) is 0 Å². The van der Waals surface area contributed by atoms with Crippen LogP contribution in [0, 0.1) is 0 Å². The van der Waals surface area contributed by atoms with E-state index in [-0.39, 0.29) is 15.7 Å². The Bertz CT molecular complexity index is 960. The zero-order valence-corrected chi connectivity index (χ0v) is 18.2. The molecule has 2 aromatic rings. The van der Waals surface area contributed by atoms with Crippen molar-refractivity contribution in [3.05, 3.63) is 52.0 Å². The largest absolute Gasteiger partial charge is 0.492 e. The van der Waals surface area contributed by atoms with Gasteiger partial charge in [0, 0.05) is 24.3 Å². The Labute approximate surface area is 175 Å². The van der Waals surface area contributed by atoms with Crippen LogP contribution in [0.1, 0.15) is 31.1 Å². The number of anilines is 1. The first-order valence-electron chi connectivity index (χ1n) is 8.77. The van der Waals surface area contributed by atoms with Crippen molar-refractivity contribution in [1.82, 2.24) is 4.31 Å². The molecule has 2 aromatic carbocycles. The first-order valence-corrected chi connectivity index (χ1v) is 11.0. The van der Waals surface area contributed by atoms with Crippen LogP contribution in [0.5, 0.6) is 5.75 Å². The lowest BCUT2D eigenvalue weighted by Crippen LogP contribution is -2.31. The average Bonchev–Trinajstić information content (AvgIpc) is 2.66. The number of nitrogens with zero attached hydrogens (tertiary/aromatic N) is 1. The molecule has 0 unspecified atom stereocenters. The fourth-order valence-corrected chi connectivity index (χ4v) is 4.52. The zero-order chi connectivity index (χ0) is 20.9. The van der Waals surface area contributed by atoms with Crippen LogP contribution in [0.25, 0.3) is 0 Å². The number of hydrogen-bond acceptors (Lipinski definition) is 4. The summed E-state index contributed by atoms with van der Waals surface area (Å²) in [5.41, 5.74) is 0.627. The highest BCUT2D eigenvalue weighted by Gasteiger charge is 2.26. The van der Waals surface area contributed by atoms with Gasteiger partial charge in [0.1, 0.15) is 10.6 Å². The van der Waals surface area contributed by atoms with Crippen molar-refractivity contribution in [3.8, 4) is 5.75 Å². The molecule has 9 heteroatoms. The molecule has 0 spiro atoms. The lowest BCUT2D eigenvalue weighted by molar-refractivity contribution is 0.102. The minimum absolute atomic E-state index is 0.00462. The highest BCUT2D eigenvalue weighted by molar-refractivity contribution is 7.89. The van der Waals surface area contributed by atoms with Crippen LogP contribution in [0.3, 0.4) is 0 Å². The fraction of sp³-hybridized carbons (Fsp3) is 0.316. The first kappa shape index (κ1) is 22.5. The lowest BCUT2D eigenvalue weighted by atomic mass is 10.2. The molecule has 6 nitrogen and oxygen atoms in total. The SMILES string of the molecule is CCOc1ccc(NC(=O)c2ccc(Cl)c(Cl)c2)cc1S(=O)(=O)N(CC)CC. The van der Waals surface area contributed by atoms with Crippen LogP contribution in [0.15, 0.2) is 41.3 Å². The maximum atomic E-state index is 13.0. The maximum Gasteiger partial charge on any atom is 0.255 e. The molecule has 2 rings (SSSR count). The Morgan fingerprint density at radius 1 is 1.04 bits per heavy atom. The number of benzene rings is 2. The molecule has 152 valence electrons. The third-order valence-corrected chi connectivity index (χ3v) is 6.82. The van der Waals surface area contributed by atoms with Gasteiger partial charge >= 0.3 is 0 Å². The van der Waals surface area contributed by atoms with Crippen LogP contribution < -0.4 is 10.1 Å². The summed E-state index contributed by atoms with van der Waals surface area (Å²) in [4.78, 5) is 12.5. The first-order chi connectivity index (χ1) is 13.2. The van der Waals surface area contributed by atoms with Gasteiger partial charge in [0.2, 0.25) is 10.0 Å². The van der Waals surface area contributed by atoms with Crippen LogP contribution in [0.4, 0.5) is 5.69 Å². The molecule has 0 saturated heterocycles. The second-order valence-electron chi connectivity index (χ2n) is 5.77. The van der Waals surface area contributed by atoms with E-state index in [1.807, 2.05) is 0 Å². The second-order valence-corrected chi connectivity index (χ2v) is 8.49. The van der Waals surface area contributed by atoms with E-state index in [9.17, 15) is 13.2 Å². The molecule has 0 fully saturated rings. The van der Waals surface area contributed by atoms with Crippen LogP contribution in [0.2, 0.25) is 10.0 Å². The van der Waals surface area contributed by atoms with E-state index in [0.29, 0.717) is 36.0 Å². The Morgan fingerprint density at radius 3 is 2.29 bits per heavy atom. The van der Waals surface area contributed by atoms with Crippen molar-refractivity contribution in [3.63, 3.8) is 0 Å². The van der Waals surface area contributed by atoms with Crippen molar-refractivity contribution < 1.29 is 17.9 Å². The number of sulfonamides is 1. The van der Waals surface area contributed by atoms with Gasteiger partial charge in [-0.05, 0) is 43.3 Å². The number of rotatable bonds is 8. The van der Waals surface area contributed by atoms with E-state index in [2.05, 4.69) is 5.32 Å². The van der Waals surface area contributed by atoms with E-state index < -0.39 is 15.9 Å². The van der Waals surface area contributed by atoms with Crippen molar-refractivity contribution >= 4 is 44.8 Å². The van der Waals surface area contributed by atoms with Gasteiger partial charge in [-0.25, -0.2) is 8.42 Å². The average molecular weight is 445 g/mol. The number of ether oxygens (including phenoxy) is 1. The summed E-state index contributed by atoms with van der Waals surface area (Å²) in [6.07, 6.45) is 0. The molecule has 0 radical (unpaired) electrons. The fourth-order valence-electron chi connectivity index (χ4n) is 2.61. The summed E-state index contributed by atoms with van der Waals surface area (Å²) in [6, 6.07) is 9.01. The van der Waals surface area contributed by atoms with Gasteiger partial charge in [0.25, 0.3) is 5.91 Å². The van der Waals surface area contributed by atoms with E-state index in [1.54, 1.807) is 26.8 Å². The number of amides is 1.